The van der Waals surface area contributed by atoms with Crippen LogP contribution in [0.5, 0.6) is 0 Å². The molecule has 21 heavy (non-hydrogen) atoms. The van der Waals surface area contributed by atoms with Crippen molar-refractivity contribution in [2.75, 3.05) is 13.6 Å². The molecule has 118 valence electrons. The molecule has 1 aliphatic carbocycles. The number of rotatable bonds is 6. The second kappa shape index (κ2) is 7.95. The van der Waals surface area contributed by atoms with Gasteiger partial charge in [0.2, 0.25) is 0 Å². The van der Waals surface area contributed by atoms with Crippen molar-refractivity contribution < 1.29 is 0 Å². The molecule has 2 atom stereocenters. The lowest BCUT2D eigenvalue weighted by molar-refractivity contribution is 0.118. The Morgan fingerprint density at radius 2 is 1.76 bits per heavy atom. The zero-order valence-corrected chi connectivity index (χ0v) is 14.0. The molecule has 0 radical (unpaired) electrons. The topological polar surface area (TPSA) is 29.3 Å². The Morgan fingerprint density at radius 3 is 2.33 bits per heavy atom. The highest BCUT2D eigenvalue weighted by Crippen LogP contribution is 2.29. The van der Waals surface area contributed by atoms with Crippen LogP contribution in [0.1, 0.15) is 57.4 Å². The maximum absolute atomic E-state index is 6.09. The summed E-state index contributed by atoms with van der Waals surface area (Å²) in [6.07, 6.45) is 6.59. The monoisotopic (exact) mass is 288 g/mol. The quantitative estimate of drug-likeness (QED) is 0.856. The molecule has 0 heterocycles. The van der Waals surface area contributed by atoms with Crippen LogP contribution in [-0.2, 0) is 0 Å². The van der Waals surface area contributed by atoms with Gasteiger partial charge in [-0.3, -0.25) is 4.90 Å². The lowest BCUT2D eigenvalue weighted by Gasteiger charge is -2.39. The van der Waals surface area contributed by atoms with E-state index >= 15 is 0 Å². The van der Waals surface area contributed by atoms with Crippen molar-refractivity contribution in [3.63, 3.8) is 0 Å². The molecule has 1 fully saturated rings. The van der Waals surface area contributed by atoms with E-state index in [9.17, 15) is 0 Å². The minimum atomic E-state index is 0.499. The van der Waals surface area contributed by atoms with Crippen LogP contribution in [0, 0.1) is 5.92 Å². The molecule has 0 amide bonds. The second-order valence-corrected chi connectivity index (χ2v) is 7.02. The molecule has 0 bridgehead atoms. The lowest BCUT2D eigenvalue weighted by atomic mass is 9.85. The number of hydrogen-bond acceptors (Lipinski definition) is 2. The minimum Gasteiger partial charge on any atom is -0.329 e. The number of likely N-dealkylation sites (N-methyl/N-ethyl adjacent to an activating group) is 1. The maximum Gasteiger partial charge on any atom is 0.0224 e. The number of nitrogens with two attached hydrogens (primary N) is 1. The fourth-order valence-corrected chi connectivity index (χ4v) is 3.70. The molecule has 0 aliphatic heterocycles. The summed E-state index contributed by atoms with van der Waals surface area (Å²) >= 11 is 0. The van der Waals surface area contributed by atoms with E-state index in [0.717, 1.165) is 24.9 Å². The molecule has 0 aromatic heterocycles. The van der Waals surface area contributed by atoms with Gasteiger partial charge in [-0.15, -0.1) is 0 Å². The highest BCUT2D eigenvalue weighted by Gasteiger charge is 2.27. The third kappa shape index (κ3) is 4.55. The Kier molecular flexibility index (Phi) is 6.25. The van der Waals surface area contributed by atoms with Crippen molar-refractivity contribution >= 4 is 0 Å². The SMILES string of the molecule is CC1CCC(N(C)C(CN)CC(C)c2ccccc2)CC1. The number of hydrogen-bond donors (Lipinski definition) is 1. The molecule has 2 unspecified atom stereocenters. The van der Waals surface area contributed by atoms with Crippen LogP contribution in [0.2, 0.25) is 0 Å². The van der Waals surface area contributed by atoms with Crippen molar-refractivity contribution in [3.8, 4) is 0 Å². The highest BCUT2D eigenvalue weighted by atomic mass is 15.2. The first-order valence-electron chi connectivity index (χ1n) is 8.58. The Hall–Kier alpha value is -0.860. The fraction of sp³-hybridized carbons (Fsp3) is 0.684. The molecule has 0 saturated heterocycles. The largest absolute Gasteiger partial charge is 0.329 e. The first kappa shape index (κ1) is 16.5. The van der Waals surface area contributed by atoms with Gasteiger partial charge in [0.25, 0.3) is 0 Å². The average Bonchev–Trinajstić information content (AvgIpc) is 2.53. The third-order valence-corrected chi connectivity index (χ3v) is 5.40. The normalized spacial score (nSPS) is 25.8. The van der Waals surface area contributed by atoms with E-state index < -0.39 is 0 Å². The summed E-state index contributed by atoms with van der Waals surface area (Å²) < 4.78 is 0. The van der Waals surface area contributed by atoms with Gasteiger partial charge < -0.3 is 5.73 Å². The first-order chi connectivity index (χ1) is 10.1. The summed E-state index contributed by atoms with van der Waals surface area (Å²) in [4.78, 5) is 2.57. The molecule has 2 rings (SSSR count). The van der Waals surface area contributed by atoms with Crippen LogP contribution in [-0.4, -0.2) is 30.6 Å². The fourth-order valence-electron chi connectivity index (χ4n) is 3.70. The third-order valence-electron chi connectivity index (χ3n) is 5.40. The van der Waals surface area contributed by atoms with E-state index in [4.69, 9.17) is 5.73 Å². The van der Waals surface area contributed by atoms with Crippen molar-refractivity contribution in [1.82, 2.24) is 4.90 Å². The van der Waals surface area contributed by atoms with Crippen molar-refractivity contribution in [3.05, 3.63) is 35.9 Å². The minimum absolute atomic E-state index is 0.499. The highest BCUT2D eigenvalue weighted by molar-refractivity contribution is 5.19. The van der Waals surface area contributed by atoms with Gasteiger partial charge in [0.1, 0.15) is 0 Å². The summed E-state index contributed by atoms with van der Waals surface area (Å²) in [6, 6.07) is 12.1. The van der Waals surface area contributed by atoms with Gasteiger partial charge in [0, 0.05) is 18.6 Å². The molecule has 1 aromatic carbocycles. The molecular formula is C19H32N2. The lowest BCUT2D eigenvalue weighted by Crippen LogP contribution is -2.46. The Morgan fingerprint density at radius 1 is 1.14 bits per heavy atom. The van der Waals surface area contributed by atoms with E-state index in [1.54, 1.807) is 0 Å². The van der Waals surface area contributed by atoms with E-state index in [-0.39, 0.29) is 0 Å². The molecule has 1 aliphatic rings. The van der Waals surface area contributed by atoms with Gasteiger partial charge >= 0.3 is 0 Å². The van der Waals surface area contributed by atoms with Crippen LogP contribution >= 0.6 is 0 Å². The zero-order chi connectivity index (χ0) is 15.2. The van der Waals surface area contributed by atoms with E-state index in [2.05, 4.69) is 56.1 Å². The van der Waals surface area contributed by atoms with Crippen LogP contribution in [0.15, 0.2) is 30.3 Å². The van der Waals surface area contributed by atoms with Gasteiger partial charge in [-0.2, -0.15) is 0 Å². The summed E-state index contributed by atoms with van der Waals surface area (Å²) in [7, 11) is 2.29. The molecule has 0 spiro atoms. The molecular weight excluding hydrogens is 256 g/mol. The summed E-state index contributed by atoms with van der Waals surface area (Å²) in [5.41, 5.74) is 7.52. The average molecular weight is 288 g/mol. The maximum atomic E-state index is 6.09. The van der Waals surface area contributed by atoms with Crippen molar-refractivity contribution in [2.24, 2.45) is 11.7 Å². The number of nitrogens with zero attached hydrogens (tertiary/aromatic N) is 1. The van der Waals surface area contributed by atoms with Gasteiger partial charge in [0.05, 0.1) is 0 Å². The van der Waals surface area contributed by atoms with Crippen LogP contribution < -0.4 is 5.73 Å². The molecule has 2 heteroatoms. The standard InChI is InChI=1S/C19H32N2/c1-15-9-11-18(12-10-15)21(3)19(14-20)13-16(2)17-7-5-4-6-8-17/h4-8,15-16,18-19H,9-14,20H2,1-3H3. The summed E-state index contributed by atoms with van der Waals surface area (Å²) in [5.74, 6) is 1.49. The van der Waals surface area contributed by atoms with Crippen LogP contribution in [0.3, 0.4) is 0 Å². The van der Waals surface area contributed by atoms with Crippen molar-refractivity contribution in [2.45, 2.75) is 64.0 Å². The molecule has 1 saturated carbocycles. The van der Waals surface area contributed by atoms with E-state index in [1.165, 1.54) is 31.2 Å². The number of benzene rings is 1. The molecule has 2 nitrogen and oxygen atoms in total. The van der Waals surface area contributed by atoms with E-state index in [1.807, 2.05) is 0 Å². The predicted molar refractivity (Wildman–Crippen MR) is 91.5 cm³/mol. The predicted octanol–water partition coefficient (Wildman–Crippen LogP) is 4.02. The smallest absolute Gasteiger partial charge is 0.0224 e. The van der Waals surface area contributed by atoms with Crippen LogP contribution in [0.4, 0.5) is 0 Å². The van der Waals surface area contributed by atoms with Crippen molar-refractivity contribution in [1.29, 1.82) is 0 Å². The van der Waals surface area contributed by atoms with Crippen LogP contribution in [0.25, 0.3) is 0 Å². The Labute approximate surface area is 130 Å². The zero-order valence-electron chi connectivity index (χ0n) is 14.0. The molecule has 2 N–H and O–H groups in total. The first-order valence-corrected chi connectivity index (χ1v) is 8.58. The Bertz CT molecular complexity index is 395. The van der Waals surface area contributed by atoms with E-state index in [0.29, 0.717) is 12.0 Å². The molecule has 1 aromatic rings. The second-order valence-electron chi connectivity index (χ2n) is 7.02. The van der Waals surface area contributed by atoms with Gasteiger partial charge in [0.15, 0.2) is 0 Å². The summed E-state index contributed by atoms with van der Waals surface area (Å²) in [6.45, 7) is 5.47. The van der Waals surface area contributed by atoms with Gasteiger partial charge in [-0.1, -0.05) is 44.2 Å². The summed E-state index contributed by atoms with van der Waals surface area (Å²) in [5, 5.41) is 0. The Balaban J connectivity index is 1.92. The van der Waals surface area contributed by atoms with Gasteiger partial charge in [-0.05, 0) is 56.6 Å². The van der Waals surface area contributed by atoms with Gasteiger partial charge in [-0.25, -0.2) is 0 Å².